The molecule has 1 aromatic heterocycles. The zero-order valence-corrected chi connectivity index (χ0v) is 20.4. The Bertz CT molecular complexity index is 1540. The first-order valence-electron chi connectivity index (χ1n) is 12.2. The van der Waals surface area contributed by atoms with Crippen molar-refractivity contribution in [3.8, 4) is 5.69 Å². The number of primary amides is 1. The lowest BCUT2D eigenvalue weighted by Crippen LogP contribution is -2.25. The van der Waals surface area contributed by atoms with Gasteiger partial charge in [-0.15, -0.1) is 0 Å². The fraction of sp³-hybridized carbons (Fsp3) is 0.172. The standard InChI is InChI=1S/C29H25FN6O2/c1-32-21-8-5-9-22(15-21)36-26(16-25(35-36)28(31)37)29(38)34-24-14-20(12-13-23(24)30)27(33-17-18-10-11-18)19-6-3-2-4-7-19/h2-9,12-16,18,27,33H,10-11,17H2,(H2,31,37)(H,34,38). The summed E-state index contributed by atoms with van der Waals surface area (Å²) < 4.78 is 16.1. The lowest BCUT2D eigenvalue weighted by molar-refractivity contribution is 0.0993. The fourth-order valence-electron chi connectivity index (χ4n) is 4.24. The quantitative estimate of drug-likeness (QED) is 0.277. The molecule has 190 valence electrons. The maximum Gasteiger partial charge on any atom is 0.274 e. The van der Waals surface area contributed by atoms with Crippen molar-refractivity contribution in [1.82, 2.24) is 15.1 Å². The minimum absolute atomic E-state index is 0.00932. The smallest absolute Gasteiger partial charge is 0.274 e. The van der Waals surface area contributed by atoms with Crippen LogP contribution in [0.5, 0.6) is 0 Å². The first kappa shape index (κ1) is 24.9. The van der Waals surface area contributed by atoms with Gasteiger partial charge in [-0.3, -0.25) is 9.59 Å². The van der Waals surface area contributed by atoms with E-state index in [2.05, 4.69) is 20.6 Å². The molecule has 1 heterocycles. The van der Waals surface area contributed by atoms with Crippen LogP contribution in [-0.2, 0) is 0 Å². The maximum atomic E-state index is 14.9. The lowest BCUT2D eigenvalue weighted by atomic mass is 9.97. The van der Waals surface area contributed by atoms with Gasteiger partial charge in [0.25, 0.3) is 11.8 Å². The van der Waals surface area contributed by atoms with Crippen LogP contribution in [0, 0.1) is 18.3 Å². The largest absolute Gasteiger partial charge is 0.364 e. The highest BCUT2D eigenvalue weighted by Crippen LogP contribution is 2.31. The monoisotopic (exact) mass is 508 g/mol. The number of carbonyl (C=O) groups is 2. The highest BCUT2D eigenvalue weighted by Gasteiger charge is 2.25. The fourth-order valence-corrected chi connectivity index (χ4v) is 4.24. The van der Waals surface area contributed by atoms with E-state index < -0.39 is 17.6 Å². The molecular formula is C29H25FN6O2. The predicted molar refractivity (Wildman–Crippen MR) is 142 cm³/mol. The zero-order valence-electron chi connectivity index (χ0n) is 20.4. The van der Waals surface area contributed by atoms with Crippen molar-refractivity contribution in [2.24, 2.45) is 11.7 Å². The Kier molecular flexibility index (Phi) is 6.98. The molecule has 4 N–H and O–H groups in total. The van der Waals surface area contributed by atoms with Crippen LogP contribution in [0.2, 0.25) is 0 Å². The van der Waals surface area contributed by atoms with Crippen molar-refractivity contribution in [1.29, 1.82) is 0 Å². The number of hydrogen-bond donors (Lipinski definition) is 3. The van der Waals surface area contributed by atoms with E-state index in [1.807, 2.05) is 30.3 Å². The molecule has 0 saturated heterocycles. The van der Waals surface area contributed by atoms with Crippen LogP contribution in [0.25, 0.3) is 10.5 Å². The van der Waals surface area contributed by atoms with E-state index in [0.29, 0.717) is 17.3 Å². The number of rotatable bonds is 9. The molecule has 2 amide bonds. The van der Waals surface area contributed by atoms with Crippen LogP contribution in [0.3, 0.4) is 0 Å². The molecule has 38 heavy (non-hydrogen) atoms. The van der Waals surface area contributed by atoms with E-state index in [0.717, 1.165) is 17.7 Å². The SMILES string of the molecule is [C-]#[N+]c1cccc(-n2nc(C(N)=O)cc2C(=O)Nc2cc(C(NCC3CC3)c3ccccc3)ccc2F)c1. The number of benzene rings is 3. The van der Waals surface area contributed by atoms with Crippen LogP contribution in [0.4, 0.5) is 15.8 Å². The number of halogens is 1. The number of nitrogens with two attached hydrogens (primary N) is 1. The van der Waals surface area contributed by atoms with Gasteiger partial charge >= 0.3 is 0 Å². The molecule has 4 aromatic rings. The number of aromatic nitrogens is 2. The third-order valence-corrected chi connectivity index (χ3v) is 6.41. The molecule has 8 nitrogen and oxygen atoms in total. The molecule has 0 radical (unpaired) electrons. The average Bonchev–Trinajstić information content (AvgIpc) is 3.65. The topological polar surface area (TPSA) is 106 Å². The Morgan fingerprint density at radius 3 is 2.55 bits per heavy atom. The van der Waals surface area contributed by atoms with E-state index in [-0.39, 0.29) is 23.1 Å². The number of hydrogen-bond acceptors (Lipinski definition) is 4. The van der Waals surface area contributed by atoms with Crippen molar-refractivity contribution < 1.29 is 14.0 Å². The van der Waals surface area contributed by atoms with E-state index in [1.165, 1.54) is 35.7 Å². The van der Waals surface area contributed by atoms with E-state index in [1.54, 1.807) is 30.3 Å². The van der Waals surface area contributed by atoms with Gasteiger partial charge in [0.05, 0.1) is 24.0 Å². The number of nitrogens with one attached hydrogen (secondary N) is 2. The summed E-state index contributed by atoms with van der Waals surface area (Å²) in [5.74, 6) is -1.47. The molecule has 1 aliphatic rings. The van der Waals surface area contributed by atoms with Crippen molar-refractivity contribution in [2.75, 3.05) is 11.9 Å². The molecule has 5 rings (SSSR count). The molecule has 3 aromatic carbocycles. The lowest BCUT2D eigenvalue weighted by Gasteiger charge is -2.21. The van der Waals surface area contributed by atoms with Gasteiger partial charge in [0.15, 0.2) is 11.4 Å². The molecular weight excluding hydrogens is 483 g/mol. The summed E-state index contributed by atoms with van der Waals surface area (Å²) in [5, 5.41) is 10.4. The summed E-state index contributed by atoms with van der Waals surface area (Å²) in [4.78, 5) is 28.6. The van der Waals surface area contributed by atoms with Gasteiger partial charge < -0.3 is 16.4 Å². The van der Waals surface area contributed by atoms with Crippen LogP contribution in [-0.4, -0.2) is 28.1 Å². The van der Waals surface area contributed by atoms with Crippen LogP contribution >= 0.6 is 0 Å². The van der Waals surface area contributed by atoms with Gasteiger partial charge in [-0.05, 0) is 60.7 Å². The summed E-state index contributed by atoms with van der Waals surface area (Å²) in [6.07, 6.45) is 2.39. The third-order valence-electron chi connectivity index (χ3n) is 6.41. The van der Waals surface area contributed by atoms with E-state index in [4.69, 9.17) is 12.3 Å². The molecule has 0 spiro atoms. The molecule has 1 saturated carbocycles. The van der Waals surface area contributed by atoms with Gasteiger partial charge in [0, 0.05) is 6.07 Å². The van der Waals surface area contributed by atoms with Gasteiger partial charge in [-0.25, -0.2) is 13.9 Å². The summed E-state index contributed by atoms with van der Waals surface area (Å²) in [6.45, 7) is 8.10. The first-order valence-corrected chi connectivity index (χ1v) is 12.2. The Balaban J connectivity index is 1.47. The number of carbonyl (C=O) groups excluding carboxylic acids is 2. The molecule has 1 unspecified atom stereocenters. The summed E-state index contributed by atoms with van der Waals surface area (Å²) in [7, 11) is 0. The highest BCUT2D eigenvalue weighted by molar-refractivity contribution is 6.05. The zero-order chi connectivity index (χ0) is 26.6. The second-order valence-corrected chi connectivity index (χ2v) is 9.21. The van der Waals surface area contributed by atoms with Crippen molar-refractivity contribution in [3.05, 3.63) is 119 Å². The summed E-state index contributed by atoms with van der Waals surface area (Å²) >= 11 is 0. The summed E-state index contributed by atoms with van der Waals surface area (Å²) in [5.41, 5.74) is 7.78. The molecule has 0 bridgehead atoms. The maximum absolute atomic E-state index is 14.9. The molecule has 1 aliphatic carbocycles. The second kappa shape index (κ2) is 10.7. The number of amides is 2. The minimum atomic E-state index is -0.820. The van der Waals surface area contributed by atoms with Gasteiger partial charge in [-0.1, -0.05) is 48.5 Å². The van der Waals surface area contributed by atoms with Crippen molar-refractivity contribution >= 4 is 23.2 Å². The van der Waals surface area contributed by atoms with E-state index in [9.17, 15) is 14.0 Å². The third kappa shape index (κ3) is 5.45. The van der Waals surface area contributed by atoms with Crippen molar-refractivity contribution in [2.45, 2.75) is 18.9 Å². The normalized spacial score (nSPS) is 13.5. The van der Waals surface area contributed by atoms with Crippen LogP contribution in [0.1, 0.15) is 51.0 Å². The second-order valence-electron chi connectivity index (χ2n) is 9.21. The minimum Gasteiger partial charge on any atom is -0.364 e. The molecule has 1 atom stereocenters. The van der Waals surface area contributed by atoms with Crippen LogP contribution in [0.15, 0.2) is 78.9 Å². The van der Waals surface area contributed by atoms with Crippen molar-refractivity contribution in [3.63, 3.8) is 0 Å². The molecule has 1 fully saturated rings. The Morgan fingerprint density at radius 2 is 1.84 bits per heavy atom. The average molecular weight is 509 g/mol. The van der Waals surface area contributed by atoms with Crippen LogP contribution < -0.4 is 16.4 Å². The highest BCUT2D eigenvalue weighted by atomic mass is 19.1. The number of nitrogens with zero attached hydrogens (tertiary/aromatic N) is 3. The first-order chi connectivity index (χ1) is 18.4. The predicted octanol–water partition coefficient (Wildman–Crippen LogP) is 5.00. The Morgan fingerprint density at radius 1 is 1.05 bits per heavy atom. The Hall–Kier alpha value is -4.81. The van der Waals surface area contributed by atoms with Gasteiger partial charge in [-0.2, -0.15) is 5.10 Å². The Labute approximate surface area is 219 Å². The molecule has 9 heteroatoms. The molecule has 0 aliphatic heterocycles. The van der Waals surface area contributed by atoms with Gasteiger partial charge in [0.2, 0.25) is 0 Å². The number of anilines is 1. The van der Waals surface area contributed by atoms with Gasteiger partial charge in [0.1, 0.15) is 11.5 Å². The van der Waals surface area contributed by atoms with E-state index >= 15 is 0 Å². The summed E-state index contributed by atoms with van der Waals surface area (Å²) in [6, 6.07) is 22.0.